The first kappa shape index (κ1) is 14.4. The highest BCUT2D eigenvalue weighted by molar-refractivity contribution is 5.35. The van der Waals surface area contributed by atoms with Gasteiger partial charge in [-0.05, 0) is 6.07 Å². The molecule has 0 aliphatic rings. The molecule has 0 spiro atoms. The lowest BCUT2D eigenvalue weighted by molar-refractivity contribution is -0.159. The van der Waals surface area contributed by atoms with Gasteiger partial charge in [-0.1, -0.05) is 0 Å². The molecule has 0 saturated carbocycles. The van der Waals surface area contributed by atoms with Crippen molar-refractivity contribution >= 4 is 0 Å². The minimum atomic E-state index is -4.89. The van der Waals surface area contributed by atoms with Crippen molar-refractivity contribution in [2.24, 2.45) is 0 Å². The third kappa shape index (κ3) is 3.97. The van der Waals surface area contributed by atoms with E-state index in [1.54, 1.807) is 0 Å². The SMILES string of the molecule is COc1cnc(OCC(F)(F)F)c(C(F)(F)F)c1. The van der Waals surface area contributed by atoms with Crippen molar-refractivity contribution < 1.29 is 35.8 Å². The summed E-state index contributed by atoms with van der Waals surface area (Å²) in [7, 11) is 1.10. The van der Waals surface area contributed by atoms with E-state index < -0.39 is 30.4 Å². The van der Waals surface area contributed by atoms with E-state index in [1.165, 1.54) is 0 Å². The summed E-state index contributed by atoms with van der Waals surface area (Å²) in [4.78, 5) is 3.15. The monoisotopic (exact) mass is 275 g/mol. The van der Waals surface area contributed by atoms with Crippen molar-refractivity contribution in [3.8, 4) is 11.6 Å². The largest absolute Gasteiger partial charge is 0.495 e. The van der Waals surface area contributed by atoms with Gasteiger partial charge in [-0.25, -0.2) is 4.98 Å². The molecule has 0 N–H and O–H groups in total. The summed E-state index contributed by atoms with van der Waals surface area (Å²) in [6.45, 7) is -1.85. The molecule has 0 fully saturated rings. The Hall–Kier alpha value is -1.67. The zero-order chi connectivity index (χ0) is 14.0. The zero-order valence-electron chi connectivity index (χ0n) is 8.89. The van der Waals surface area contributed by atoms with Gasteiger partial charge in [-0.3, -0.25) is 0 Å². The van der Waals surface area contributed by atoms with E-state index in [1.807, 2.05) is 0 Å². The first-order chi connectivity index (χ1) is 8.13. The molecular formula is C9H7F6NO2. The van der Waals surface area contributed by atoms with Crippen LogP contribution in [-0.4, -0.2) is 24.9 Å². The second-order valence-corrected chi connectivity index (χ2v) is 3.13. The summed E-state index contributed by atoms with van der Waals surface area (Å²) in [5.74, 6) is -1.37. The number of halogens is 6. The van der Waals surface area contributed by atoms with Gasteiger partial charge in [0.2, 0.25) is 5.88 Å². The molecule has 18 heavy (non-hydrogen) atoms. The number of hydrogen-bond acceptors (Lipinski definition) is 3. The van der Waals surface area contributed by atoms with Crippen molar-refractivity contribution in [1.29, 1.82) is 0 Å². The molecule has 1 aromatic rings. The summed E-state index contributed by atoms with van der Waals surface area (Å²) < 4.78 is 81.7. The van der Waals surface area contributed by atoms with Gasteiger partial charge >= 0.3 is 12.4 Å². The summed E-state index contributed by atoms with van der Waals surface area (Å²) in [6, 6.07) is 0.513. The van der Waals surface area contributed by atoms with E-state index >= 15 is 0 Å². The Morgan fingerprint density at radius 2 is 1.78 bits per heavy atom. The van der Waals surface area contributed by atoms with E-state index in [0.29, 0.717) is 6.07 Å². The van der Waals surface area contributed by atoms with E-state index in [4.69, 9.17) is 0 Å². The summed E-state index contributed by atoms with van der Waals surface area (Å²) in [5.41, 5.74) is -1.42. The highest BCUT2D eigenvalue weighted by Crippen LogP contribution is 2.37. The van der Waals surface area contributed by atoms with Crippen molar-refractivity contribution in [2.45, 2.75) is 12.4 Å². The standard InChI is InChI=1S/C9H7F6NO2/c1-17-5-2-6(9(13,14)15)7(16-3-5)18-4-8(10,11)12/h2-3H,4H2,1H3. The number of ether oxygens (including phenoxy) is 2. The number of pyridine rings is 1. The normalized spacial score (nSPS) is 12.4. The zero-order valence-corrected chi connectivity index (χ0v) is 8.89. The van der Waals surface area contributed by atoms with Gasteiger partial charge in [-0.2, -0.15) is 26.3 Å². The van der Waals surface area contributed by atoms with Crippen LogP contribution in [0, 0.1) is 0 Å². The van der Waals surface area contributed by atoms with Gasteiger partial charge in [0.1, 0.15) is 11.3 Å². The molecule has 9 heteroatoms. The molecule has 1 aromatic heterocycles. The molecule has 1 rings (SSSR count). The van der Waals surface area contributed by atoms with Crippen molar-refractivity contribution in [2.75, 3.05) is 13.7 Å². The average molecular weight is 275 g/mol. The Labute approximate surface area is 97.3 Å². The molecule has 0 amide bonds. The lowest BCUT2D eigenvalue weighted by atomic mass is 10.2. The van der Waals surface area contributed by atoms with Crippen LogP contribution in [-0.2, 0) is 6.18 Å². The first-order valence-electron chi connectivity index (χ1n) is 4.44. The summed E-state index contributed by atoms with van der Waals surface area (Å²) in [6.07, 6.45) is -8.80. The number of methoxy groups -OCH3 is 1. The van der Waals surface area contributed by atoms with Gasteiger partial charge in [0.15, 0.2) is 6.61 Å². The van der Waals surface area contributed by atoms with Crippen molar-refractivity contribution in [1.82, 2.24) is 4.98 Å². The maximum Gasteiger partial charge on any atom is 0.422 e. The summed E-state index contributed by atoms with van der Waals surface area (Å²) in [5, 5.41) is 0. The predicted molar refractivity (Wildman–Crippen MR) is 47.3 cm³/mol. The van der Waals surface area contributed by atoms with Crippen LogP contribution in [0.25, 0.3) is 0 Å². The molecule has 0 radical (unpaired) electrons. The van der Waals surface area contributed by atoms with Crippen LogP contribution in [0.3, 0.4) is 0 Å². The average Bonchev–Trinajstić information content (AvgIpc) is 2.24. The Bertz CT molecular complexity index is 414. The van der Waals surface area contributed by atoms with Crippen LogP contribution < -0.4 is 9.47 Å². The molecule has 0 saturated heterocycles. The quantitative estimate of drug-likeness (QED) is 0.794. The number of hydrogen-bond donors (Lipinski definition) is 0. The molecule has 0 aliphatic heterocycles. The van der Waals surface area contributed by atoms with E-state index in [2.05, 4.69) is 14.5 Å². The van der Waals surface area contributed by atoms with E-state index in [9.17, 15) is 26.3 Å². The van der Waals surface area contributed by atoms with Crippen LogP contribution in [0.15, 0.2) is 12.3 Å². The second-order valence-electron chi connectivity index (χ2n) is 3.13. The lowest BCUT2D eigenvalue weighted by Crippen LogP contribution is -2.21. The first-order valence-corrected chi connectivity index (χ1v) is 4.44. The molecule has 102 valence electrons. The highest BCUT2D eigenvalue weighted by atomic mass is 19.4. The minimum absolute atomic E-state index is 0.235. The van der Waals surface area contributed by atoms with E-state index in [-0.39, 0.29) is 5.75 Å². The number of rotatable bonds is 3. The topological polar surface area (TPSA) is 31.4 Å². The number of alkyl halides is 6. The fourth-order valence-electron chi connectivity index (χ4n) is 1.01. The number of nitrogens with zero attached hydrogens (tertiary/aromatic N) is 1. The van der Waals surface area contributed by atoms with Gasteiger partial charge in [0, 0.05) is 0 Å². The Morgan fingerprint density at radius 3 is 2.22 bits per heavy atom. The fourth-order valence-corrected chi connectivity index (χ4v) is 1.01. The second kappa shape index (κ2) is 4.91. The molecule has 0 atom stereocenters. The lowest BCUT2D eigenvalue weighted by Gasteiger charge is -2.14. The molecule has 1 heterocycles. The van der Waals surface area contributed by atoms with Gasteiger partial charge in [0.05, 0.1) is 13.3 Å². The third-order valence-corrected chi connectivity index (χ3v) is 1.74. The van der Waals surface area contributed by atoms with Crippen LogP contribution >= 0.6 is 0 Å². The predicted octanol–water partition coefficient (Wildman–Crippen LogP) is 3.05. The molecular weight excluding hydrogens is 268 g/mol. The van der Waals surface area contributed by atoms with Gasteiger partial charge < -0.3 is 9.47 Å². The molecule has 0 aliphatic carbocycles. The van der Waals surface area contributed by atoms with Crippen LogP contribution in [0.1, 0.15) is 5.56 Å². The summed E-state index contributed by atoms with van der Waals surface area (Å²) >= 11 is 0. The van der Waals surface area contributed by atoms with Gasteiger partial charge in [-0.15, -0.1) is 0 Å². The Balaban J connectivity index is 3.03. The number of aromatic nitrogens is 1. The van der Waals surface area contributed by atoms with Crippen molar-refractivity contribution in [3.63, 3.8) is 0 Å². The van der Waals surface area contributed by atoms with Crippen LogP contribution in [0.5, 0.6) is 11.6 Å². The van der Waals surface area contributed by atoms with Crippen LogP contribution in [0.4, 0.5) is 26.3 Å². The highest BCUT2D eigenvalue weighted by Gasteiger charge is 2.37. The maximum atomic E-state index is 12.5. The Kier molecular flexibility index (Phi) is 3.92. The van der Waals surface area contributed by atoms with Crippen molar-refractivity contribution in [3.05, 3.63) is 17.8 Å². The van der Waals surface area contributed by atoms with Gasteiger partial charge in [0.25, 0.3) is 0 Å². The molecule has 3 nitrogen and oxygen atoms in total. The smallest absolute Gasteiger partial charge is 0.422 e. The maximum absolute atomic E-state index is 12.5. The third-order valence-electron chi connectivity index (χ3n) is 1.74. The molecule has 0 bridgehead atoms. The fraction of sp³-hybridized carbons (Fsp3) is 0.444. The molecule has 0 aromatic carbocycles. The molecule has 0 unspecified atom stereocenters. The van der Waals surface area contributed by atoms with Crippen LogP contribution in [0.2, 0.25) is 0 Å². The Morgan fingerprint density at radius 1 is 1.17 bits per heavy atom. The minimum Gasteiger partial charge on any atom is -0.495 e. The van der Waals surface area contributed by atoms with E-state index in [0.717, 1.165) is 13.3 Å².